The predicted octanol–water partition coefficient (Wildman–Crippen LogP) is 3.19. The third kappa shape index (κ3) is 4.18. The zero-order chi connectivity index (χ0) is 14.4. The summed E-state index contributed by atoms with van der Waals surface area (Å²) in [6.45, 7) is 0.678. The van der Waals surface area contributed by atoms with Gasteiger partial charge in [-0.25, -0.2) is 0 Å². The normalized spacial score (nSPS) is 12.1. The van der Waals surface area contributed by atoms with Crippen molar-refractivity contribution < 1.29 is 4.79 Å². The molecule has 1 aromatic carbocycles. The highest BCUT2D eigenvalue weighted by atomic mass is 32.1. The molecule has 0 aliphatic heterocycles. The molecule has 1 amide bonds. The van der Waals surface area contributed by atoms with E-state index in [2.05, 4.69) is 0 Å². The SMILES string of the molecule is CN(Cc1cccs1)C(=O)CC[C@H](N)c1ccccc1. The fraction of sp³-hybridized carbons (Fsp3) is 0.312. The first kappa shape index (κ1) is 14.8. The van der Waals surface area contributed by atoms with Gasteiger partial charge in [-0.3, -0.25) is 4.79 Å². The molecule has 2 aromatic rings. The summed E-state index contributed by atoms with van der Waals surface area (Å²) in [5, 5.41) is 2.03. The van der Waals surface area contributed by atoms with Crippen LogP contribution in [0.15, 0.2) is 47.8 Å². The lowest BCUT2D eigenvalue weighted by atomic mass is 10.0. The van der Waals surface area contributed by atoms with E-state index in [1.54, 1.807) is 16.2 Å². The molecule has 1 aromatic heterocycles. The number of carbonyl (C=O) groups excluding carboxylic acids is 1. The van der Waals surface area contributed by atoms with Gasteiger partial charge in [0.05, 0.1) is 6.54 Å². The Labute approximate surface area is 124 Å². The minimum Gasteiger partial charge on any atom is -0.341 e. The lowest BCUT2D eigenvalue weighted by Crippen LogP contribution is -2.26. The predicted molar refractivity (Wildman–Crippen MR) is 83.4 cm³/mol. The van der Waals surface area contributed by atoms with Crippen molar-refractivity contribution in [2.75, 3.05) is 7.05 Å². The van der Waals surface area contributed by atoms with Crippen LogP contribution in [0.4, 0.5) is 0 Å². The van der Waals surface area contributed by atoms with Crippen LogP contribution in [0.3, 0.4) is 0 Å². The molecule has 1 heterocycles. The second kappa shape index (κ2) is 7.22. The minimum atomic E-state index is -0.0738. The van der Waals surface area contributed by atoms with E-state index in [1.165, 1.54) is 4.88 Å². The van der Waals surface area contributed by atoms with Crippen LogP contribution in [0.2, 0.25) is 0 Å². The summed E-state index contributed by atoms with van der Waals surface area (Å²) in [5.41, 5.74) is 7.20. The van der Waals surface area contributed by atoms with Gasteiger partial charge in [0.1, 0.15) is 0 Å². The van der Waals surface area contributed by atoms with Crippen molar-refractivity contribution in [3.05, 3.63) is 58.3 Å². The summed E-state index contributed by atoms with van der Waals surface area (Å²) in [6, 6.07) is 13.9. The summed E-state index contributed by atoms with van der Waals surface area (Å²) in [5.74, 6) is 0.143. The van der Waals surface area contributed by atoms with E-state index in [-0.39, 0.29) is 11.9 Å². The number of benzene rings is 1. The third-order valence-electron chi connectivity index (χ3n) is 3.30. The summed E-state index contributed by atoms with van der Waals surface area (Å²) >= 11 is 1.67. The lowest BCUT2D eigenvalue weighted by molar-refractivity contribution is -0.130. The summed E-state index contributed by atoms with van der Waals surface area (Å²) in [6.07, 6.45) is 1.16. The molecule has 106 valence electrons. The summed E-state index contributed by atoms with van der Waals surface area (Å²) < 4.78 is 0. The number of rotatable bonds is 6. The highest BCUT2D eigenvalue weighted by Gasteiger charge is 2.13. The second-order valence-electron chi connectivity index (χ2n) is 4.89. The molecule has 0 aliphatic carbocycles. The Morgan fingerprint density at radius 2 is 2.00 bits per heavy atom. The van der Waals surface area contributed by atoms with Crippen molar-refractivity contribution in [1.29, 1.82) is 0 Å². The highest BCUT2D eigenvalue weighted by molar-refractivity contribution is 7.09. The van der Waals surface area contributed by atoms with Gasteiger partial charge in [-0.15, -0.1) is 11.3 Å². The maximum Gasteiger partial charge on any atom is 0.222 e. The van der Waals surface area contributed by atoms with Crippen LogP contribution < -0.4 is 5.73 Å². The van der Waals surface area contributed by atoms with E-state index in [4.69, 9.17) is 5.73 Å². The quantitative estimate of drug-likeness (QED) is 0.887. The minimum absolute atomic E-state index is 0.0738. The van der Waals surface area contributed by atoms with Crippen molar-refractivity contribution in [3.8, 4) is 0 Å². The van der Waals surface area contributed by atoms with Crippen molar-refractivity contribution in [3.63, 3.8) is 0 Å². The monoisotopic (exact) mass is 288 g/mol. The van der Waals surface area contributed by atoms with Gasteiger partial charge in [0.25, 0.3) is 0 Å². The number of hydrogen-bond acceptors (Lipinski definition) is 3. The van der Waals surface area contributed by atoms with E-state index < -0.39 is 0 Å². The first-order chi connectivity index (χ1) is 9.66. The Hall–Kier alpha value is -1.65. The average molecular weight is 288 g/mol. The Balaban J connectivity index is 1.80. The molecule has 3 nitrogen and oxygen atoms in total. The Morgan fingerprint density at radius 3 is 2.65 bits per heavy atom. The third-order valence-corrected chi connectivity index (χ3v) is 4.16. The zero-order valence-electron chi connectivity index (χ0n) is 11.7. The Kier molecular flexibility index (Phi) is 5.32. The molecule has 0 unspecified atom stereocenters. The molecule has 0 saturated heterocycles. The molecule has 1 atom stereocenters. The molecule has 2 N–H and O–H groups in total. The number of nitrogens with two attached hydrogens (primary N) is 1. The van der Waals surface area contributed by atoms with Crippen LogP contribution in [-0.2, 0) is 11.3 Å². The van der Waals surface area contributed by atoms with Gasteiger partial charge in [0.15, 0.2) is 0 Å². The smallest absolute Gasteiger partial charge is 0.222 e. The Morgan fingerprint density at radius 1 is 1.25 bits per heavy atom. The molecule has 20 heavy (non-hydrogen) atoms. The molecular formula is C16H20N2OS. The first-order valence-electron chi connectivity index (χ1n) is 6.73. The first-order valence-corrected chi connectivity index (χ1v) is 7.61. The van der Waals surface area contributed by atoms with Gasteiger partial charge in [-0.2, -0.15) is 0 Å². The Bertz CT molecular complexity index is 525. The van der Waals surface area contributed by atoms with E-state index >= 15 is 0 Å². The number of thiophene rings is 1. The van der Waals surface area contributed by atoms with Gasteiger partial charge in [0.2, 0.25) is 5.91 Å². The highest BCUT2D eigenvalue weighted by Crippen LogP contribution is 2.17. The van der Waals surface area contributed by atoms with Crippen LogP contribution in [0.5, 0.6) is 0 Å². The van der Waals surface area contributed by atoms with Crippen molar-refractivity contribution in [2.45, 2.75) is 25.4 Å². The molecule has 0 spiro atoms. The molecule has 4 heteroatoms. The topological polar surface area (TPSA) is 46.3 Å². The molecule has 0 radical (unpaired) electrons. The van der Waals surface area contributed by atoms with Crippen LogP contribution in [0.25, 0.3) is 0 Å². The maximum atomic E-state index is 12.1. The van der Waals surface area contributed by atoms with Gasteiger partial charge in [-0.1, -0.05) is 36.4 Å². The largest absolute Gasteiger partial charge is 0.341 e. The van der Waals surface area contributed by atoms with Crippen LogP contribution in [0.1, 0.15) is 29.3 Å². The average Bonchev–Trinajstić information content (AvgIpc) is 2.98. The molecule has 0 saturated carbocycles. The van der Waals surface area contributed by atoms with Crippen molar-refractivity contribution in [2.24, 2.45) is 5.73 Å². The van der Waals surface area contributed by atoms with Gasteiger partial charge in [0, 0.05) is 24.4 Å². The standard InChI is InChI=1S/C16H20N2OS/c1-18(12-14-8-5-11-20-14)16(19)10-9-15(17)13-6-3-2-4-7-13/h2-8,11,15H,9-10,12,17H2,1H3/t15-/m0/s1. The van der Waals surface area contributed by atoms with Crippen LogP contribution >= 0.6 is 11.3 Å². The van der Waals surface area contributed by atoms with E-state index in [0.717, 1.165) is 5.56 Å². The number of nitrogens with zero attached hydrogens (tertiary/aromatic N) is 1. The zero-order valence-corrected chi connectivity index (χ0v) is 12.5. The second-order valence-corrected chi connectivity index (χ2v) is 5.92. The molecule has 0 fully saturated rings. The molecule has 0 bridgehead atoms. The molecular weight excluding hydrogens is 268 g/mol. The van der Waals surface area contributed by atoms with Gasteiger partial charge >= 0.3 is 0 Å². The van der Waals surface area contributed by atoms with Gasteiger partial charge < -0.3 is 10.6 Å². The fourth-order valence-electron chi connectivity index (χ4n) is 2.06. The molecule has 2 rings (SSSR count). The van der Waals surface area contributed by atoms with E-state index in [0.29, 0.717) is 19.4 Å². The molecule has 0 aliphatic rings. The lowest BCUT2D eigenvalue weighted by Gasteiger charge is -2.18. The number of amides is 1. The van der Waals surface area contributed by atoms with Crippen LogP contribution in [-0.4, -0.2) is 17.9 Å². The summed E-state index contributed by atoms with van der Waals surface area (Å²) in [4.78, 5) is 15.0. The maximum absolute atomic E-state index is 12.1. The summed E-state index contributed by atoms with van der Waals surface area (Å²) in [7, 11) is 1.84. The van der Waals surface area contributed by atoms with Crippen LogP contribution in [0, 0.1) is 0 Å². The van der Waals surface area contributed by atoms with Crippen molar-refractivity contribution in [1.82, 2.24) is 4.90 Å². The van der Waals surface area contributed by atoms with Crippen molar-refractivity contribution >= 4 is 17.2 Å². The van der Waals surface area contributed by atoms with E-state index in [1.807, 2.05) is 54.9 Å². The number of hydrogen-bond donors (Lipinski definition) is 1. The fourth-order valence-corrected chi connectivity index (χ4v) is 2.82. The van der Waals surface area contributed by atoms with Gasteiger partial charge in [-0.05, 0) is 23.4 Å². The number of carbonyl (C=O) groups is 1. The van der Waals surface area contributed by atoms with E-state index in [9.17, 15) is 4.79 Å².